The Balaban J connectivity index is 4.57. The molecule has 0 atom stereocenters. The average Bonchev–Trinajstić information content (AvgIpc) is 2.63. The van der Waals surface area contributed by atoms with Crippen LogP contribution in [-0.4, -0.2) is 16.1 Å². The molecule has 0 heterocycles. The monoisotopic (exact) mass is 377 g/mol. The van der Waals surface area contributed by atoms with Crippen LogP contribution >= 0.6 is 0 Å². The van der Waals surface area contributed by atoms with E-state index in [4.69, 9.17) is 0 Å². The molecule has 0 saturated carbocycles. The summed E-state index contributed by atoms with van der Waals surface area (Å²) in [6.07, 6.45) is 18.3. The molecular formula is C20H29N2O5. The second kappa shape index (κ2) is 16.9. The van der Waals surface area contributed by atoms with Crippen LogP contribution in [-0.2, 0) is 4.79 Å². The summed E-state index contributed by atoms with van der Waals surface area (Å²) < 4.78 is 0. The molecule has 0 rings (SSSR count). The lowest BCUT2D eigenvalue weighted by atomic mass is 10.1. The zero-order valence-electron chi connectivity index (χ0n) is 16.0. The van der Waals surface area contributed by atoms with Gasteiger partial charge in [0.15, 0.2) is 6.29 Å². The second-order valence-electron chi connectivity index (χ2n) is 6.00. The Morgan fingerprint density at radius 1 is 0.852 bits per heavy atom. The van der Waals surface area contributed by atoms with Crippen LogP contribution in [0.15, 0.2) is 47.9 Å². The van der Waals surface area contributed by atoms with E-state index in [1.54, 1.807) is 6.08 Å². The topological polar surface area (TPSA) is 103 Å². The average molecular weight is 377 g/mol. The van der Waals surface area contributed by atoms with Crippen molar-refractivity contribution in [1.29, 1.82) is 0 Å². The fraction of sp³-hybridized carbons (Fsp3) is 0.550. The van der Waals surface area contributed by atoms with Gasteiger partial charge in [-0.25, -0.2) is 0 Å². The number of carbonyl (C=O) groups excluding carboxylic acids is 1. The zero-order chi connectivity index (χ0) is 20.3. The number of hydrogen-bond donors (Lipinski definition) is 0. The third-order valence-electron chi connectivity index (χ3n) is 3.80. The van der Waals surface area contributed by atoms with Gasteiger partial charge in [-0.1, -0.05) is 44.1 Å². The van der Waals surface area contributed by atoms with Crippen molar-refractivity contribution in [3.05, 3.63) is 68.1 Å². The van der Waals surface area contributed by atoms with Gasteiger partial charge in [0.05, 0.1) is 22.7 Å². The lowest BCUT2D eigenvalue weighted by Crippen LogP contribution is -2.01. The predicted molar refractivity (Wildman–Crippen MR) is 106 cm³/mol. The molecule has 0 aliphatic heterocycles. The van der Waals surface area contributed by atoms with Crippen molar-refractivity contribution in [3.63, 3.8) is 0 Å². The van der Waals surface area contributed by atoms with Gasteiger partial charge < -0.3 is 0 Å². The summed E-state index contributed by atoms with van der Waals surface area (Å²) in [4.78, 5) is 31.3. The van der Waals surface area contributed by atoms with Crippen molar-refractivity contribution < 1.29 is 14.6 Å². The van der Waals surface area contributed by atoms with Crippen molar-refractivity contribution >= 4 is 6.29 Å². The molecule has 7 nitrogen and oxygen atoms in total. The summed E-state index contributed by atoms with van der Waals surface area (Å²) in [7, 11) is 0. The van der Waals surface area contributed by atoms with Gasteiger partial charge >= 0.3 is 0 Å². The normalized spacial score (nSPS) is 12.8. The second-order valence-corrected chi connectivity index (χ2v) is 6.00. The Bertz CT molecular complexity index is 577. The van der Waals surface area contributed by atoms with E-state index in [2.05, 4.69) is 0 Å². The first-order chi connectivity index (χ1) is 13.0. The summed E-state index contributed by atoms with van der Waals surface area (Å²) in [6.45, 7) is 2.03. The van der Waals surface area contributed by atoms with Crippen LogP contribution < -0.4 is 0 Å². The number of rotatable bonds is 16. The highest BCUT2D eigenvalue weighted by atomic mass is 16.6. The fourth-order valence-corrected chi connectivity index (χ4v) is 2.29. The zero-order valence-corrected chi connectivity index (χ0v) is 16.0. The number of nitrogens with zero attached hydrogens (tertiary/aromatic N) is 2. The van der Waals surface area contributed by atoms with Gasteiger partial charge in [0.1, 0.15) is 0 Å². The van der Waals surface area contributed by atoms with Crippen molar-refractivity contribution in [2.45, 2.75) is 71.1 Å². The Hall–Kier alpha value is -2.57. The van der Waals surface area contributed by atoms with Crippen LogP contribution in [0.4, 0.5) is 0 Å². The lowest BCUT2D eigenvalue weighted by molar-refractivity contribution is -0.431. The van der Waals surface area contributed by atoms with E-state index < -0.39 is 9.85 Å². The first-order valence-electron chi connectivity index (χ1n) is 9.34. The molecule has 0 unspecified atom stereocenters. The molecule has 0 aromatic rings. The summed E-state index contributed by atoms with van der Waals surface area (Å²) in [5.41, 5.74) is -0.0611. The summed E-state index contributed by atoms with van der Waals surface area (Å²) in [5, 5.41) is 22.2. The Labute approximate surface area is 160 Å². The summed E-state index contributed by atoms with van der Waals surface area (Å²) in [5.74, 6) is 0. The van der Waals surface area contributed by atoms with Gasteiger partial charge in [0, 0.05) is 6.42 Å². The van der Waals surface area contributed by atoms with E-state index in [1.165, 1.54) is 12.2 Å². The minimum Gasteiger partial charge on any atom is -0.291 e. The minimum atomic E-state index is -0.492. The fourth-order valence-electron chi connectivity index (χ4n) is 2.29. The van der Waals surface area contributed by atoms with Crippen LogP contribution in [0.3, 0.4) is 0 Å². The predicted octanol–water partition coefficient (Wildman–Crippen LogP) is 5.45. The molecule has 0 aromatic heterocycles. The van der Waals surface area contributed by atoms with Crippen LogP contribution in [0.1, 0.15) is 71.1 Å². The van der Waals surface area contributed by atoms with E-state index in [9.17, 15) is 25.0 Å². The summed E-state index contributed by atoms with van der Waals surface area (Å²) >= 11 is 0. The molecule has 27 heavy (non-hydrogen) atoms. The molecule has 0 bridgehead atoms. The highest BCUT2D eigenvalue weighted by molar-refractivity contribution is 5.50. The first-order valence-corrected chi connectivity index (χ1v) is 9.34. The number of nitro groups is 2. The maximum Gasteiger partial charge on any atom is 0.246 e. The first kappa shape index (κ1) is 24.4. The van der Waals surface area contributed by atoms with Crippen LogP contribution in [0, 0.1) is 20.2 Å². The van der Waals surface area contributed by atoms with Crippen molar-refractivity contribution in [2.75, 3.05) is 0 Å². The SMILES string of the molecule is CC/C=C\C/C=C\C/C(=C\C/C(=C\CCCCCC[C]=O)[N+](=O)[O-])[N+](=O)[O-]. The van der Waals surface area contributed by atoms with Crippen LogP contribution in [0.2, 0.25) is 0 Å². The van der Waals surface area contributed by atoms with E-state index in [0.29, 0.717) is 19.3 Å². The largest absolute Gasteiger partial charge is 0.291 e. The highest BCUT2D eigenvalue weighted by Gasteiger charge is 2.13. The molecule has 0 aliphatic rings. The Morgan fingerprint density at radius 2 is 1.48 bits per heavy atom. The molecule has 0 amide bonds. The molecule has 0 spiro atoms. The van der Waals surface area contributed by atoms with Crippen molar-refractivity contribution in [2.24, 2.45) is 0 Å². The van der Waals surface area contributed by atoms with Gasteiger partial charge in [0.2, 0.25) is 11.4 Å². The van der Waals surface area contributed by atoms with Gasteiger partial charge in [0.25, 0.3) is 0 Å². The maximum absolute atomic E-state index is 11.1. The smallest absolute Gasteiger partial charge is 0.246 e. The van der Waals surface area contributed by atoms with Crippen molar-refractivity contribution in [1.82, 2.24) is 0 Å². The molecule has 0 saturated heterocycles. The van der Waals surface area contributed by atoms with E-state index in [-0.39, 0.29) is 24.2 Å². The third kappa shape index (κ3) is 14.3. The minimum absolute atomic E-state index is 0.0227. The molecule has 7 heteroatoms. The van der Waals surface area contributed by atoms with E-state index >= 15 is 0 Å². The van der Waals surface area contributed by atoms with Gasteiger partial charge in [-0.15, -0.1) is 0 Å². The summed E-state index contributed by atoms with van der Waals surface area (Å²) in [6, 6.07) is 0. The number of hydrogen-bond acceptors (Lipinski definition) is 5. The van der Waals surface area contributed by atoms with Crippen LogP contribution in [0.25, 0.3) is 0 Å². The van der Waals surface area contributed by atoms with E-state index in [0.717, 1.165) is 32.1 Å². The quantitative estimate of drug-likeness (QED) is 0.154. The van der Waals surface area contributed by atoms with Crippen LogP contribution in [0.5, 0.6) is 0 Å². The molecular weight excluding hydrogens is 348 g/mol. The van der Waals surface area contributed by atoms with Gasteiger partial charge in [-0.05, 0) is 44.3 Å². The Morgan fingerprint density at radius 3 is 2.11 bits per heavy atom. The maximum atomic E-state index is 11.1. The van der Waals surface area contributed by atoms with E-state index in [1.807, 2.05) is 31.4 Å². The molecule has 0 N–H and O–H groups in total. The molecule has 0 aromatic carbocycles. The molecule has 0 aliphatic carbocycles. The number of unbranched alkanes of at least 4 members (excludes halogenated alkanes) is 5. The third-order valence-corrected chi connectivity index (χ3v) is 3.80. The molecule has 149 valence electrons. The van der Waals surface area contributed by atoms with Gasteiger partial charge in [-0.3, -0.25) is 25.0 Å². The standard InChI is InChI=1S/C20H29N2O5/c1-2-3-4-5-8-11-14-19(21(24)25)16-17-20(22(26)27)15-12-9-6-7-10-13-18-23/h3-4,8,11,15-16H,2,5-7,9-10,12-14,17H2,1H3/b4-3-,11-8-,19-16+,20-15+. The molecule has 1 radical (unpaired) electrons. The van der Waals surface area contributed by atoms with Crippen molar-refractivity contribution in [3.8, 4) is 0 Å². The number of allylic oxidation sites excluding steroid dienone is 6. The van der Waals surface area contributed by atoms with Gasteiger partial charge in [-0.2, -0.15) is 0 Å². The Kier molecular flexibility index (Phi) is 15.3. The highest BCUT2D eigenvalue weighted by Crippen LogP contribution is 2.13. The lowest BCUT2D eigenvalue weighted by Gasteiger charge is -1.98. The molecule has 0 fully saturated rings.